The molecular formula is C39H44F3N3O5S. The first kappa shape index (κ1) is 38.0. The molecule has 0 bridgehead atoms. The van der Waals surface area contributed by atoms with Gasteiger partial charge in [-0.25, -0.2) is 9.78 Å². The minimum atomic E-state index is -4.42. The summed E-state index contributed by atoms with van der Waals surface area (Å²) in [4.78, 5) is 36.3. The molecule has 0 unspecified atom stereocenters. The van der Waals surface area contributed by atoms with Crippen molar-refractivity contribution in [3.63, 3.8) is 0 Å². The minimum Gasteiger partial charge on any atom is -0.497 e. The van der Waals surface area contributed by atoms with Crippen LogP contribution in [0.15, 0.2) is 66.7 Å². The number of methoxy groups -OCH3 is 1. The molecule has 5 rings (SSSR count). The largest absolute Gasteiger partial charge is 0.497 e. The highest BCUT2D eigenvalue weighted by atomic mass is 32.1. The molecule has 0 radical (unpaired) electrons. The van der Waals surface area contributed by atoms with E-state index in [1.165, 1.54) is 29.0 Å². The number of esters is 1. The molecule has 51 heavy (non-hydrogen) atoms. The number of piperazine rings is 1. The molecule has 0 saturated carbocycles. The molecule has 0 N–H and O–H groups in total. The normalized spacial score (nSPS) is 14.4. The van der Waals surface area contributed by atoms with Crippen LogP contribution >= 0.6 is 11.3 Å². The Labute approximate surface area is 301 Å². The zero-order valence-corrected chi connectivity index (χ0v) is 30.5. The van der Waals surface area contributed by atoms with Crippen LogP contribution in [0.1, 0.15) is 64.8 Å². The van der Waals surface area contributed by atoms with Gasteiger partial charge in [-0.3, -0.25) is 14.6 Å². The van der Waals surface area contributed by atoms with E-state index in [9.17, 15) is 22.8 Å². The number of halogens is 3. The van der Waals surface area contributed by atoms with Gasteiger partial charge < -0.3 is 14.2 Å². The molecule has 3 aromatic carbocycles. The third-order valence-electron chi connectivity index (χ3n) is 8.85. The number of carbonyl (C=O) groups excluding carboxylic acids is 2. The molecular weight excluding hydrogens is 680 g/mol. The van der Waals surface area contributed by atoms with Crippen molar-refractivity contribution in [1.82, 2.24) is 14.8 Å². The first-order valence-corrected chi connectivity index (χ1v) is 17.8. The second-order valence-electron chi connectivity index (χ2n) is 13.1. The maximum atomic E-state index is 13.4. The maximum Gasteiger partial charge on any atom is 0.416 e. The summed E-state index contributed by atoms with van der Waals surface area (Å²) in [6.45, 7) is 11.9. The van der Waals surface area contributed by atoms with Crippen LogP contribution in [-0.2, 0) is 35.2 Å². The third-order valence-corrected chi connectivity index (χ3v) is 10.1. The summed E-state index contributed by atoms with van der Waals surface area (Å²) in [5.41, 5.74) is 2.00. The van der Waals surface area contributed by atoms with E-state index in [2.05, 4.69) is 21.9 Å². The lowest BCUT2D eigenvalue weighted by Crippen LogP contribution is -2.45. The number of ketones is 1. The van der Waals surface area contributed by atoms with Gasteiger partial charge in [-0.2, -0.15) is 13.2 Å². The number of alkyl halides is 3. The van der Waals surface area contributed by atoms with Crippen LogP contribution in [0.25, 0.3) is 10.6 Å². The van der Waals surface area contributed by atoms with E-state index in [0.29, 0.717) is 40.4 Å². The van der Waals surface area contributed by atoms with Crippen LogP contribution in [0.3, 0.4) is 0 Å². The Balaban J connectivity index is 1.27. The summed E-state index contributed by atoms with van der Waals surface area (Å²) < 4.78 is 56.1. The molecule has 272 valence electrons. The first-order valence-electron chi connectivity index (χ1n) is 17.0. The number of thiazole rings is 1. The number of aromatic nitrogens is 1. The van der Waals surface area contributed by atoms with E-state index in [4.69, 9.17) is 19.2 Å². The summed E-state index contributed by atoms with van der Waals surface area (Å²) >= 11 is 1.42. The Morgan fingerprint density at radius 2 is 1.55 bits per heavy atom. The molecule has 1 saturated heterocycles. The highest BCUT2D eigenvalue weighted by Crippen LogP contribution is 2.34. The van der Waals surface area contributed by atoms with Crippen molar-refractivity contribution in [2.75, 3.05) is 39.9 Å². The van der Waals surface area contributed by atoms with Crippen molar-refractivity contribution in [1.29, 1.82) is 0 Å². The molecule has 0 amide bonds. The molecule has 8 nitrogen and oxygen atoms in total. The van der Waals surface area contributed by atoms with Crippen LogP contribution in [0.4, 0.5) is 13.2 Å². The van der Waals surface area contributed by atoms with Gasteiger partial charge in [0.05, 0.1) is 25.0 Å². The highest BCUT2D eigenvalue weighted by molar-refractivity contribution is 7.15. The summed E-state index contributed by atoms with van der Waals surface area (Å²) in [5.74, 6) is 0.780. The van der Waals surface area contributed by atoms with Gasteiger partial charge in [0.15, 0.2) is 11.4 Å². The number of hydrogen-bond donors (Lipinski definition) is 0. The Kier molecular flexibility index (Phi) is 12.2. The van der Waals surface area contributed by atoms with E-state index in [1.54, 1.807) is 46.1 Å². The third kappa shape index (κ3) is 9.96. The van der Waals surface area contributed by atoms with Crippen LogP contribution < -0.4 is 9.47 Å². The summed E-state index contributed by atoms with van der Waals surface area (Å²) in [6.07, 6.45) is -3.75. The SMILES string of the molecule is CCOC(=O)C(C)(C)Oc1ccc(C(=O)CCc2sc(-c3ccc(C(F)(F)F)cc3)nc2CN2CCN(Cc3ccc(OC)cc3)CC2)cc1C. The quantitative estimate of drug-likeness (QED) is 0.0957. The van der Waals surface area contributed by atoms with E-state index in [1.807, 2.05) is 19.1 Å². The number of hydrogen-bond acceptors (Lipinski definition) is 9. The minimum absolute atomic E-state index is 0.0584. The van der Waals surface area contributed by atoms with Crippen LogP contribution in [0.5, 0.6) is 11.5 Å². The summed E-state index contributed by atoms with van der Waals surface area (Å²) in [5, 5.41) is 0.626. The smallest absolute Gasteiger partial charge is 0.416 e. The van der Waals surface area contributed by atoms with Gasteiger partial charge >= 0.3 is 12.1 Å². The van der Waals surface area contributed by atoms with Crippen LogP contribution in [0.2, 0.25) is 0 Å². The fraction of sp³-hybridized carbons (Fsp3) is 0.410. The average molecular weight is 724 g/mol. The van der Waals surface area contributed by atoms with E-state index in [-0.39, 0.29) is 18.8 Å². The highest BCUT2D eigenvalue weighted by Gasteiger charge is 2.32. The fourth-order valence-corrected chi connectivity index (χ4v) is 6.94. The Hall–Kier alpha value is -4.26. The molecule has 4 aromatic rings. The number of rotatable bonds is 14. The topological polar surface area (TPSA) is 81.2 Å². The van der Waals surface area contributed by atoms with Gasteiger partial charge in [0, 0.05) is 61.7 Å². The van der Waals surface area contributed by atoms with Gasteiger partial charge in [0.1, 0.15) is 16.5 Å². The predicted molar refractivity (Wildman–Crippen MR) is 191 cm³/mol. The lowest BCUT2D eigenvalue weighted by molar-refractivity contribution is -0.158. The summed E-state index contributed by atoms with van der Waals surface area (Å²) in [6, 6.07) is 18.3. The molecule has 0 aliphatic carbocycles. The molecule has 12 heteroatoms. The van der Waals surface area contributed by atoms with E-state index in [0.717, 1.165) is 61.2 Å². The molecule has 1 aromatic heterocycles. The second-order valence-corrected chi connectivity index (χ2v) is 14.2. The van der Waals surface area contributed by atoms with E-state index >= 15 is 0 Å². The van der Waals surface area contributed by atoms with Gasteiger partial charge in [0.25, 0.3) is 0 Å². The van der Waals surface area contributed by atoms with Crippen LogP contribution in [-0.4, -0.2) is 72.0 Å². The average Bonchev–Trinajstić information content (AvgIpc) is 3.51. The Morgan fingerprint density at radius 3 is 2.14 bits per heavy atom. The maximum absolute atomic E-state index is 13.4. The zero-order chi connectivity index (χ0) is 36.8. The van der Waals surface area contributed by atoms with Crippen LogP contribution in [0, 0.1) is 6.92 Å². The lowest BCUT2D eigenvalue weighted by Gasteiger charge is -2.34. The Morgan fingerprint density at radius 1 is 0.902 bits per heavy atom. The number of nitrogens with zero attached hydrogens (tertiary/aromatic N) is 3. The van der Waals surface area contributed by atoms with Crippen molar-refractivity contribution < 1.29 is 37.0 Å². The fourth-order valence-electron chi connectivity index (χ4n) is 5.86. The van der Waals surface area contributed by atoms with Crippen molar-refractivity contribution in [2.45, 2.75) is 65.4 Å². The number of Topliss-reactive ketones (excluding diaryl/α,β-unsaturated/α-hetero) is 1. The predicted octanol–water partition coefficient (Wildman–Crippen LogP) is 8.00. The molecule has 1 aliphatic heterocycles. The molecule has 1 aliphatic rings. The Bertz CT molecular complexity index is 1800. The van der Waals surface area contributed by atoms with Gasteiger partial charge in [-0.15, -0.1) is 11.3 Å². The summed E-state index contributed by atoms with van der Waals surface area (Å²) in [7, 11) is 1.65. The van der Waals surface area contributed by atoms with Crippen molar-refractivity contribution >= 4 is 23.1 Å². The molecule has 1 fully saturated rings. The second kappa shape index (κ2) is 16.4. The standard InChI is InChI=1S/C39H44F3N3O5S/c1-6-49-37(47)38(3,4)50-34-17-11-29(23-26(34)2)33(46)16-18-35-32(43-36(51-35)28-9-12-30(13-10-28)39(40,41)42)25-45-21-19-44(20-22-45)24-27-7-14-31(48-5)15-8-27/h7-15,17,23H,6,16,18-22,24-25H2,1-5H3. The first-order chi connectivity index (χ1) is 24.2. The zero-order valence-electron chi connectivity index (χ0n) is 29.6. The molecule has 2 heterocycles. The number of aryl methyl sites for hydroxylation is 2. The van der Waals surface area contributed by atoms with Crippen molar-refractivity contribution in [3.05, 3.63) is 99.6 Å². The lowest BCUT2D eigenvalue weighted by atomic mass is 10.0. The van der Waals surface area contributed by atoms with Gasteiger partial charge in [0.2, 0.25) is 0 Å². The molecule has 0 atom stereocenters. The van der Waals surface area contributed by atoms with Gasteiger partial charge in [-0.05, 0) is 87.7 Å². The monoisotopic (exact) mass is 723 g/mol. The number of ether oxygens (including phenoxy) is 3. The number of benzene rings is 3. The van der Waals surface area contributed by atoms with Crippen molar-refractivity contribution in [3.8, 4) is 22.1 Å². The van der Waals surface area contributed by atoms with Crippen molar-refractivity contribution in [2.24, 2.45) is 0 Å². The molecule has 0 spiro atoms. The van der Waals surface area contributed by atoms with E-state index < -0.39 is 23.3 Å². The number of carbonyl (C=O) groups is 2. The van der Waals surface area contributed by atoms with Gasteiger partial charge in [-0.1, -0.05) is 24.3 Å².